The summed E-state index contributed by atoms with van der Waals surface area (Å²) in [5, 5.41) is 0. The molecule has 5 nitrogen and oxygen atoms in total. The fraction of sp³-hybridized carbons (Fsp3) is 0.286. The predicted octanol–water partition coefficient (Wildman–Crippen LogP) is 1.43. The van der Waals surface area contributed by atoms with Gasteiger partial charge in [0.15, 0.2) is 0 Å². The SMILES string of the molecule is O=C1CCN(C(=O)c2cccc3nccnc23)CC1. The van der Waals surface area contributed by atoms with E-state index in [0.29, 0.717) is 42.5 Å². The van der Waals surface area contributed by atoms with Gasteiger partial charge in [0.1, 0.15) is 11.3 Å². The molecule has 0 saturated carbocycles. The van der Waals surface area contributed by atoms with Crippen LogP contribution in [0.2, 0.25) is 0 Å². The molecule has 1 saturated heterocycles. The number of hydrogen-bond donors (Lipinski definition) is 0. The van der Waals surface area contributed by atoms with Gasteiger partial charge in [-0.3, -0.25) is 19.6 Å². The normalized spacial score (nSPS) is 15.8. The maximum absolute atomic E-state index is 12.5. The summed E-state index contributed by atoms with van der Waals surface area (Å²) in [6.45, 7) is 0.989. The quantitative estimate of drug-likeness (QED) is 0.773. The van der Waals surface area contributed by atoms with Crippen LogP contribution >= 0.6 is 0 Å². The van der Waals surface area contributed by atoms with Crippen LogP contribution in [0, 0.1) is 0 Å². The summed E-state index contributed by atoms with van der Waals surface area (Å²) < 4.78 is 0. The number of rotatable bonds is 1. The van der Waals surface area contributed by atoms with E-state index in [2.05, 4.69) is 9.97 Å². The minimum Gasteiger partial charge on any atom is -0.338 e. The minimum absolute atomic E-state index is 0.0707. The van der Waals surface area contributed by atoms with Crippen LogP contribution in [0.25, 0.3) is 11.0 Å². The fourth-order valence-electron chi connectivity index (χ4n) is 2.29. The summed E-state index contributed by atoms with van der Waals surface area (Å²) in [6.07, 6.45) is 4.08. The van der Waals surface area contributed by atoms with E-state index in [1.165, 1.54) is 0 Å². The van der Waals surface area contributed by atoms with Crippen molar-refractivity contribution < 1.29 is 9.59 Å². The molecule has 1 aliphatic heterocycles. The number of carbonyl (C=O) groups is 2. The van der Waals surface area contributed by atoms with Gasteiger partial charge in [0.2, 0.25) is 0 Å². The molecule has 0 N–H and O–H groups in total. The summed E-state index contributed by atoms with van der Waals surface area (Å²) in [7, 11) is 0. The molecule has 1 fully saturated rings. The van der Waals surface area contributed by atoms with Crippen molar-refractivity contribution in [3.05, 3.63) is 36.2 Å². The Morgan fingerprint density at radius 2 is 1.84 bits per heavy atom. The molecule has 1 amide bonds. The number of fused-ring (bicyclic) bond motifs is 1. The Hall–Kier alpha value is -2.30. The Balaban J connectivity index is 1.95. The first kappa shape index (κ1) is 11.8. The fourth-order valence-corrected chi connectivity index (χ4v) is 2.29. The molecule has 2 heterocycles. The van der Waals surface area contributed by atoms with Gasteiger partial charge in [0.05, 0.1) is 11.1 Å². The monoisotopic (exact) mass is 255 g/mol. The number of ketones is 1. The van der Waals surface area contributed by atoms with E-state index in [1.807, 2.05) is 6.07 Å². The Morgan fingerprint density at radius 1 is 1.11 bits per heavy atom. The Bertz CT molecular complexity index is 639. The molecular formula is C14H13N3O2. The lowest BCUT2D eigenvalue weighted by Crippen LogP contribution is -2.38. The summed E-state index contributed by atoms with van der Waals surface area (Å²) >= 11 is 0. The predicted molar refractivity (Wildman–Crippen MR) is 69.7 cm³/mol. The average Bonchev–Trinajstić information content (AvgIpc) is 2.47. The van der Waals surface area contributed by atoms with E-state index in [1.54, 1.807) is 29.4 Å². The van der Waals surface area contributed by atoms with Gasteiger partial charge in [-0.1, -0.05) is 6.07 Å². The molecule has 1 aromatic carbocycles. The summed E-state index contributed by atoms with van der Waals surface area (Å²) in [5.41, 5.74) is 1.88. The lowest BCUT2D eigenvalue weighted by atomic mass is 10.1. The number of aromatic nitrogens is 2. The highest BCUT2D eigenvalue weighted by atomic mass is 16.2. The van der Waals surface area contributed by atoms with Crippen molar-refractivity contribution >= 4 is 22.7 Å². The number of benzene rings is 1. The van der Waals surface area contributed by atoms with Gasteiger partial charge in [0, 0.05) is 38.3 Å². The molecular weight excluding hydrogens is 242 g/mol. The Kier molecular flexibility index (Phi) is 2.95. The van der Waals surface area contributed by atoms with Crippen LogP contribution in [0.15, 0.2) is 30.6 Å². The second-order valence-electron chi connectivity index (χ2n) is 4.56. The van der Waals surface area contributed by atoms with Gasteiger partial charge < -0.3 is 4.90 Å². The van der Waals surface area contributed by atoms with E-state index >= 15 is 0 Å². The zero-order valence-corrected chi connectivity index (χ0v) is 10.4. The van der Waals surface area contributed by atoms with Crippen molar-refractivity contribution in [1.29, 1.82) is 0 Å². The maximum atomic E-state index is 12.5. The van der Waals surface area contributed by atoms with Gasteiger partial charge in [0.25, 0.3) is 5.91 Å². The largest absolute Gasteiger partial charge is 0.338 e. The third kappa shape index (κ3) is 2.19. The topological polar surface area (TPSA) is 63.2 Å². The second-order valence-corrected chi connectivity index (χ2v) is 4.56. The molecule has 3 rings (SSSR count). The van der Waals surface area contributed by atoms with Crippen molar-refractivity contribution in [2.75, 3.05) is 13.1 Å². The first-order valence-corrected chi connectivity index (χ1v) is 6.26. The van der Waals surface area contributed by atoms with E-state index in [-0.39, 0.29) is 11.7 Å². The Labute approximate surface area is 110 Å². The molecule has 19 heavy (non-hydrogen) atoms. The summed E-state index contributed by atoms with van der Waals surface area (Å²) in [4.78, 5) is 33.8. The summed E-state index contributed by atoms with van der Waals surface area (Å²) in [6, 6.07) is 5.40. The zero-order chi connectivity index (χ0) is 13.2. The molecule has 2 aromatic rings. The number of nitrogens with zero attached hydrogens (tertiary/aromatic N) is 3. The molecule has 0 atom stereocenters. The molecule has 1 aromatic heterocycles. The summed E-state index contributed by atoms with van der Waals surface area (Å²) in [5.74, 6) is 0.153. The molecule has 0 spiro atoms. The van der Waals surface area contributed by atoms with Crippen molar-refractivity contribution in [2.24, 2.45) is 0 Å². The number of piperidine rings is 1. The van der Waals surface area contributed by atoms with E-state index < -0.39 is 0 Å². The number of hydrogen-bond acceptors (Lipinski definition) is 4. The van der Waals surface area contributed by atoms with Crippen molar-refractivity contribution in [3.8, 4) is 0 Å². The van der Waals surface area contributed by atoms with E-state index in [0.717, 1.165) is 0 Å². The molecule has 1 aliphatic rings. The third-order valence-corrected chi connectivity index (χ3v) is 3.34. The van der Waals surface area contributed by atoms with Crippen LogP contribution in [0.4, 0.5) is 0 Å². The number of carbonyl (C=O) groups excluding carboxylic acids is 2. The van der Waals surface area contributed by atoms with Gasteiger partial charge in [-0.05, 0) is 12.1 Å². The average molecular weight is 255 g/mol. The molecule has 0 aliphatic carbocycles. The highest BCUT2D eigenvalue weighted by Crippen LogP contribution is 2.17. The maximum Gasteiger partial charge on any atom is 0.256 e. The van der Waals surface area contributed by atoms with Crippen LogP contribution in [-0.4, -0.2) is 39.6 Å². The van der Waals surface area contributed by atoms with E-state index in [4.69, 9.17) is 0 Å². The standard InChI is InChI=1S/C14H13N3O2/c18-10-4-8-17(9-5-10)14(19)11-2-1-3-12-13(11)16-7-6-15-12/h1-3,6-7H,4-5,8-9H2. The first-order chi connectivity index (χ1) is 9.25. The van der Waals surface area contributed by atoms with Crippen molar-refractivity contribution in [2.45, 2.75) is 12.8 Å². The first-order valence-electron chi connectivity index (χ1n) is 6.26. The minimum atomic E-state index is -0.0707. The van der Waals surface area contributed by atoms with E-state index in [9.17, 15) is 9.59 Å². The molecule has 96 valence electrons. The number of para-hydroxylation sites is 1. The highest BCUT2D eigenvalue weighted by Gasteiger charge is 2.23. The van der Waals surface area contributed by atoms with Crippen LogP contribution < -0.4 is 0 Å². The number of likely N-dealkylation sites (tertiary alicyclic amines) is 1. The molecule has 0 unspecified atom stereocenters. The number of Topliss-reactive ketones (excluding diaryl/α,β-unsaturated/α-hetero) is 1. The Morgan fingerprint density at radius 3 is 2.63 bits per heavy atom. The van der Waals surface area contributed by atoms with Gasteiger partial charge in [-0.15, -0.1) is 0 Å². The van der Waals surface area contributed by atoms with Crippen LogP contribution in [0.1, 0.15) is 23.2 Å². The van der Waals surface area contributed by atoms with Gasteiger partial charge in [-0.25, -0.2) is 0 Å². The molecule has 0 bridgehead atoms. The molecule has 0 radical (unpaired) electrons. The lowest BCUT2D eigenvalue weighted by molar-refractivity contribution is -0.120. The second kappa shape index (κ2) is 4.76. The van der Waals surface area contributed by atoms with Gasteiger partial charge in [-0.2, -0.15) is 0 Å². The van der Waals surface area contributed by atoms with Crippen LogP contribution in [0.5, 0.6) is 0 Å². The van der Waals surface area contributed by atoms with Crippen molar-refractivity contribution in [3.63, 3.8) is 0 Å². The zero-order valence-electron chi connectivity index (χ0n) is 10.4. The molecule has 5 heteroatoms. The van der Waals surface area contributed by atoms with Crippen molar-refractivity contribution in [1.82, 2.24) is 14.9 Å². The number of amides is 1. The van der Waals surface area contributed by atoms with Crippen LogP contribution in [0.3, 0.4) is 0 Å². The van der Waals surface area contributed by atoms with Gasteiger partial charge >= 0.3 is 0 Å². The smallest absolute Gasteiger partial charge is 0.256 e. The highest BCUT2D eigenvalue weighted by molar-refractivity contribution is 6.05. The third-order valence-electron chi connectivity index (χ3n) is 3.34. The lowest BCUT2D eigenvalue weighted by Gasteiger charge is -2.26. The van der Waals surface area contributed by atoms with Crippen LogP contribution in [-0.2, 0) is 4.79 Å².